The molecule has 0 radical (unpaired) electrons. The van der Waals surface area contributed by atoms with Crippen LogP contribution in [-0.2, 0) is 17.6 Å². The largest absolute Gasteiger partial charge is 0.356 e. The molecular formula is C23H26N2O. The Kier molecular flexibility index (Phi) is 6.00. The number of hydrogen-bond acceptors (Lipinski definition) is 2. The van der Waals surface area contributed by atoms with Gasteiger partial charge in [0.15, 0.2) is 0 Å². The third-order valence-corrected chi connectivity index (χ3v) is 4.68. The highest BCUT2D eigenvalue weighted by atomic mass is 16.1. The molecule has 0 bridgehead atoms. The molecule has 3 heteroatoms. The standard InChI is InChI=1S/C23H26N2O/c1-17(2)19-12-10-18(11-13-19)6-4-14-24-22(26)16-21-8-3-7-20-9-5-15-25-23(20)21/h3,5,7-13,15,17H,4,6,14,16H2,1-2H3,(H,24,26). The van der Waals surface area contributed by atoms with Gasteiger partial charge in [-0.05, 0) is 41.5 Å². The van der Waals surface area contributed by atoms with Crippen molar-refractivity contribution in [2.24, 2.45) is 0 Å². The number of fused-ring (bicyclic) bond motifs is 1. The molecule has 0 atom stereocenters. The molecule has 26 heavy (non-hydrogen) atoms. The predicted octanol–water partition coefficient (Wildman–Crippen LogP) is 4.65. The minimum Gasteiger partial charge on any atom is -0.356 e. The minimum atomic E-state index is 0.0540. The van der Waals surface area contributed by atoms with Gasteiger partial charge >= 0.3 is 0 Å². The van der Waals surface area contributed by atoms with Crippen LogP contribution >= 0.6 is 0 Å². The zero-order valence-electron chi connectivity index (χ0n) is 15.5. The molecular weight excluding hydrogens is 320 g/mol. The maximum Gasteiger partial charge on any atom is 0.224 e. The fraction of sp³-hybridized carbons (Fsp3) is 0.304. The zero-order chi connectivity index (χ0) is 18.4. The first-order valence-corrected chi connectivity index (χ1v) is 9.31. The molecule has 3 rings (SSSR count). The van der Waals surface area contributed by atoms with Gasteiger partial charge in [0.25, 0.3) is 0 Å². The van der Waals surface area contributed by atoms with Crippen LogP contribution in [0.5, 0.6) is 0 Å². The maximum atomic E-state index is 12.2. The van der Waals surface area contributed by atoms with Crippen molar-refractivity contribution in [1.82, 2.24) is 10.3 Å². The summed E-state index contributed by atoms with van der Waals surface area (Å²) in [6.45, 7) is 5.11. The van der Waals surface area contributed by atoms with Crippen LogP contribution in [0.2, 0.25) is 0 Å². The lowest BCUT2D eigenvalue weighted by Gasteiger charge is -2.09. The van der Waals surface area contributed by atoms with Crippen molar-refractivity contribution in [2.75, 3.05) is 6.54 Å². The highest BCUT2D eigenvalue weighted by Crippen LogP contribution is 2.17. The van der Waals surface area contributed by atoms with Gasteiger partial charge < -0.3 is 5.32 Å². The number of aromatic nitrogens is 1. The number of aryl methyl sites for hydroxylation is 1. The summed E-state index contributed by atoms with van der Waals surface area (Å²) >= 11 is 0. The number of nitrogens with one attached hydrogen (secondary N) is 1. The van der Waals surface area contributed by atoms with Crippen molar-refractivity contribution in [2.45, 2.75) is 39.0 Å². The van der Waals surface area contributed by atoms with Crippen LogP contribution in [0.3, 0.4) is 0 Å². The highest BCUT2D eigenvalue weighted by molar-refractivity contribution is 5.87. The fourth-order valence-electron chi connectivity index (χ4n) is 3.14. The van der Waals surface area contributed by atoms with E-state index in [0.717, 1.165) is 29.3 Å². The molecule has 1 heterocycles. The Labute approximate surface area is 155 Å². The van der Waals surface area contributed by atoms with E-state index in [9.17, 15) is 4.79 Å². The normalized spacial score (nSPS) is 11.0. The summed E-state index contributed by atoms with van der Waals surface area (Å²) in [5.41, 5.74) is 4.58. The lowest BCUT2D eigenvalue weighted by Crippen LogP contribution is -2.26. The molecule has 0 aliphatic heterocycles. The Morgan fingerprint density at radius 3 is 2.58 bits per heavy atom. The highest BCUT2D eigenvalue weighted by Gasteiger charge is 2.07. The van der Waals surface area contributed by atoms with Gasteiger partial charge in [-0.2, -0.15) is 0 Å². The van der Waals surface area contributed by atoms with Crippen molar-refractivity contribution in [3.63, 3.8) is 0 Å². The number of rotatable bonds is 7. The quantitative estimate of drug-likeness (QED) is 0.633. The molecule has 1 aromatic heterocycles. The van der Waals surface area contributed by atoms with E-state index >= 15 is 0 Å². The molecule has 3 aromatic rings. The first kappa shape index (κ1) is 18.1. The van der Waals surface area contributed by atoms with E-state index in [2.05, 4.69) is 48.4 Å². The summed E-state index contributed by atoms with van der Waals surface area (Å²) in [5, 5.41) is 4.10. The van der Waals surface area contributed by atoms with Gasteiger partial charge in [-0.15, -0.1) is 0 Å². The van der Waals surface area contributed by atoms with Crippen molar-refractivity contribution in [3.05, 3.63) is 77.5 Å². The molecule has 0 aliphatic rings. The summed E-state index contributed by atoms with van der Waals surface area (Å²) < 4.78 is 0. The first-order chi connectivity index (χ1) is 12.6. The smallest absolute Gasteiger partial charge is 0.224 e. The number of carbonyl (C=O) groups excluding carboxylic acids is 1. The summed E-state index contributed by atoms with van der Waals surface area (Å²) in [4.78, 5) is 16.7. The number of benzene rings is 2. The molecule has 0 aliphatic carbocycles. The molecule has 0 fully saturated rings. The molecule has 0 spiro atoms. The number of carbonyl (C=O) groups is 1. The van der Waals surface area contributed by atoms with Gasteiger partial charge in [-0.25, -0.2) is 0 Å². The van der Waals surface area contributed by atoms with E-state index in [-0.39, 0.29) is 5.91 Å². The van der Waals surface area contributed by atoms with Crippen molar-refractivity contribution in [3.8, 4) is 0 Å². The van der Waals surface area contributed by atoms with Crippen LogP contribution in [0.25, 0.3) is 10.9 Å². The minimum absolute atomic E-state index is 0.0540. The van der Waals surface area contributed by atoms with Gasteiger partial charge in [-0.3, -0.25) is 9.78 Å². The molecule has 0 unspecified atom stereocenters. The third kappa shape index (κ3) is 4.69. The molecule has 3 nitrogen and oxygen atoms in total. The third-order valence-electron chi connectivity index (χ3n) is 4.68. The van der Waals surface area contributed by atoms with Crippen LogP contribution in [0.15, 0.2) is 60.8 Å². The predicted molar refractivity (Wildman–Crippen MR) is 107 cm³/mol. The van der Waals surface area contributed by atoms with Crippen LogP contribution < -0.4 is 5.32 Å². The molecule has 1 N–H and O–H groups in total. The molecule has 2 aromatic carbocycles. The monoisotopic (exact) mass is 346 g/mol. The SMILES string of the molecule is CC(C)c1ccc(CCCNC(=O)Cc2cccc3cccnc23)cc1. The number of hydrogen-bond donors (Lipinski definition) is 1. The van der Waals surface area contributed by atoms with Crippen LogP contribution in [-0.4, -0.2) is 17.4 Å². The Bertz CT molecular complexity index is 864. The van der Waals surface area contributed by atoms with Gasteiger partial charge in [0.1, 0.15) is 0 Å². The van der Waals surface area contributed by atoms with E-state index < -0.39 is 0 Å². The fourth-order valence-corrected chi connectivity index (χ4v) is 3.14. The van der Waals surface area contributed by atoms with E-state index in [1.807, 2.05) is 30.3 Å². The van der Waals surface area contributed by atoms with Gasteiger partial charge in [-0.1, -0.05) is 62.4 Å². The number of amides is 1. The summed E-state index contributed by atoms with van der Waals surface area (Å²) in [6, 6.07) is 18.7. The second-order valence-electron chi connectivity index (χ2n) is 7.02. The van der Waals surface area contributed by atoms with Crippen LogP contribution in [0, 0.1) is 0 Å². The maximum absolute atomic E-state index is 12.2. The van der Waals surface area contributed by atoms with Crippen LogP contribution in [0.1, 0.15) is 42.9 Å². The Morgan fingerprint density at radius 2 is 1.81 bits per heavy atom. The average Bonchev–Trinajstić information content (AvgIpc) is 2.66. The lowest BCUT2D eigenvalue weighted by molar-refractivity contribution is -0.120. The zero-order valence-corrected chi connectivity index (χ0v) is 15.5. The van der Waals surface area contributed by atoms with E-state index in [4.69, 9.17) is 0 Å². The average molecular weight is 346 g/mol. The van der Waals surface area contributed by atoms with Crippen molar-refractivity contribution < 1.29 is 4.79 Å². The van der Waals surface area contributed by atoms with E-state index in [1.54, 1.807) is 6.20 Å². The molecule has 0 saturated heterocycles. The Hall–Kier alpha value is -2.68. The summed E-state index contributed by atoms with van der Waals surface area (Å²) in [5.74, 6) is 0.616. The molecule has 0 saturated carbocycles. The molecule has 1 amide bonds. The Balaban J connectivity index is 1.47. The van der Waals surface area contributed by atoms with Crippen molar-refractivity contribution in [1.29, 1.82) is 0 Å². The lowest BCUT2D eigenvalue weighted by atomic mass is 10.0. The van der Waals surface area contributed by atoms with Gasteiger partial charge in [0.05, 0.1) is 11.9 Å². The second kappa shape index (κ2) is 8.61. The van der Waals surface area contributed by atoms with Gasteiger partial charge in [0, 0.05) is 18.1 Å². The summed E-state index contributed by atoms with van der Waals surface area (Å²) in [6.07, 6.45) is 4.07. The van der Waals surface area contributed by atoms with Crippen LogP contribution in [0.4, 0.5) is 0 Å². The second-order valence-corrected chi connectivity index (χ2v) is 7.02. The van der Waals surface area contributed by atoms with E-state index in [0.29, 0.717) is 18.9 Å². The van der Waals surface area contributed by atoms with Gasteiger partial charge in [0.2, 0.25) is 5.91 Å². The van der Waals surface area contributed by atoms with Crippen molar-refractivity contribution >= 4 is 16.8 Å². The molecule has 134 valence electrons. The number of para-hydroxylation sites is 1. The summed E-state index contributed by atoms with van der Waals surface area (Å²) in [7, 11) is 0. The number of pyridine rings is 1. The van der Waals surface area contributed by atoms with E-state index in [1.165, 1.54) is 11.1 Å². The topological polar surface area (TPSA) is 42.0 Å². The first-order valence-electron chi connectivity index (χ1n) is 9.31. The Morgan fingerprint density at radius 1 is 1.04 bits per heavy atom. The number of nitrogens with zero attached hydrogens (tertiary/aromatic N) is 1.